The minimum atomic E-state index is -0.200. The summed E-state index contributed by atoms with van der Waals surface area (Å²) in [5.74, 6) is -0.200. The predicted molar refractivity (Wildman–Crippen MR) is 73.7 cm³/mol. The molecule has 0 aromatic heterocycles. The van der Waals surface area contributed by atoms with E-state index in [1.54, 1.807) is 6.07 Å². The van der Waals surface area contributed by atoms with Crippen molar-refractivity contribution < 1.29 is 4.39 Å². The van der Waals surface area contributed by atoms with E-state index in [0.29, 0.717) is 12.2 Å². The van der Waals surface area contributed by atoms with E-state index in [-0.39, 0.29) is 5.82 Å². The second-order valence-corrected chi connectivity index (χ2v) is 4.17. The average Bonchev–Trinajstić information content (AvgIpc) is 2.40. The lowest BCUT2D eigenvalue weighted by Gasteiger charge is -2.23. The van der Waals surface area contributed by atoms with Gasteiger partial charge in [-0.2, -0.15) is 0 Å². The smallest absolute Gasteiger partial charge is 0.147 e. The van der Waals surface area contributed by atoms with Crippen molar-refractivity contribution >= 4 is 11.4 Å². The normalized spacial score (nSPS) is 10.4. The zero-order valence-corrected chi connectivity index (χ0v) is 10.7. The molecule has 0 unspecified atom stereocenters. The van der Waals surface area contributed by atoms with Crippen molar-refractivity contribution in [2.75, 3.05) is 19.0 Å². The molecule has 0 aliphatic rings. The predicted octanol–water partition coefficient (Wildman–Crippen LogP) is 3.31. The molecule has 18 heavy (non-hydrogen) atoms. The van der Waals surface area contributed by atoms with Crippen LogP contribution in [-0.2, 0) is 6.54 Å². The van der Waals surface area contributed by atoms with Crippen LogP contribution in [0.5, 0.6) is 0 Å². The maximum Gasteiger partial charge on any atom is 0.147 e. The summed E-state index contributed by atoms with van der Waals surface area (Å²) >= 11 is 0. The van der Waals surface area contributed by atoms with E-state index in [1.807, 2.05) is 55.4 Å². The van der Waals surface area contributed by atoms with E-state index in [2.05, 4.69) is 5.32 Å². The van der Waals surface area contributed by atoms with Crippen molar-refractivity contribution in [3.8, 4) is 0 Å². The van der Waals surface area contributed by atoms with Gasteiger partial charge in [0.1, 0.15) is 5.82 Å². The number of benzene rings is 2. The molecule has 2 rings (SSSR count). The SMILES string of the molecule is CNCc1cccc(F)c1N(C)c1ccccc1. The van der Waals surface area contributed by atoms with Gasteiger partial charge in [-0.15, -0.1) is 0 Å². The summed E-state index contributed by atoms with van der Waals surface area (Å²) in [6.07, 6.45) is 0. The number of halogens is 1. The van der Waals surface area contributed by atoms with Crippen molar-refractivity contribution in [1.82, 2.24) is 5.32 Å². The maximum atomic E-state index is 14.0. The number of para-hydroxylation sites is 2. The Bertz CT molecular complexity index is 511. The number of hydrogen-bond donors (Lipinski definition) is 1. The summed E-state index contributed by atoms with van der Waals surface area (Å²) < 4.78 is 14.0. The Morgan fingerprint density at radius 3 is 2.44 bits per heavy atom. The van der Waals surface area contributed by atoms with Gasteiger partial charge in [-0.25, -0.2) is 4.39 Å². The monoisotopic (exact) mass is 244 g/mol. The van der Waals surface area contributed by atoms with Crippen LogP contribution in [0.3, 0.4) is 0 Å². The first-order valence-corrected chi connectivity index (χ1v) is 5.95. The maximum absolute atomic E-state index is 14.0. The third-order valence-corrected chi connectivity index (χ3v) is 2.92. The van der Waals surface area contributed by atoms with Crippen LogP contribution in [0.1, 0.15) is 5.56 Å². The number of nitrogens with one attached hydrogen (secondary N) is 1. The fraction of sp³-hybridized carbons (Fsp3) is 0.200. The van der Waals surface area contributed by atoms with Crippen LogP contribution >= 0.6 is 0 Å². The molecule has 0 amide bonds. The number of anilines is 2. The van der Waals surface area contributed by atoms with E-state index in [4.69, 9.17) is 0 Å². The standard InChI is InChI=1S/C15H17FN2/c1-17-11-12-7-6-10-14(16)15(12)18(2)13-8-4-3-5-9-13/h3-10,17H,11H2,1-2H3. The van der Waals surface area contributed by atoms with Gasteiger partial charge >= 0.3 is 0 Å². The third-order valence-electron chi connectivity index (χ3n) is 2.92. The van der Waals surface area contributed by atoms with Crippen molar-refractivity contribution in [2.24, 2.45) is 0 Å². The second-order valence-electron chi connectivity index (χ2n) is 4.17. The van der Waals surface area contributed by atoms with Gasteiger partial charge in [0.05, 0.1) is 5.69 Å². The summed E-state index contributed by atoms with van der Waals surface area (Å²) in [5.41, 5.74) is 2.54. The van der Waals surface area contributed by atoms with Crippen LogP contribution in [0.2, 0.25) is 0 Å². The van der Waals surface area contributed by atoms with Gasteiger partial charge in [0, 0.05) is 19.3 Å². The van der Waals surface area contributed by atoms with Crippen LogP contribution in [0, 0.1) is 5.82 Å². The highest BCUT2D eigenvalue weighted by atomic mass is 19.1. The van der Waals surface area contributed by atoms with Crippen LogP contribution in [-0.4, -0.2) is 14.1 Å². The number of nitrogens with zero attached hydrogens (tertiary/aromatic N) is 1. The summed E-state index contributed by atoms with van der Waals surface area (Å²) in [7, 11) is 3.74. The minimum absolute atomic E-state index is 0.200. The largest absolute Gasteiger partial charge is 0.342 e. The molecule has 0 saturated carbocycles. The molecular weight excluding hydrogens is 227 g/mol. The molecule has 0 radical (unpaired) electrons. The summed E-state index contributed by atoms with van der Waals surface area (Å²) in [6.45, 7) is 0.643. The Kier molecular flexibility index (Phi) is 3.95. The highest BCUT2D eigenvalue weighted by Crippen LogP contribution is 2.29. The Balaban J connectivity index is 2.43. The van der Waals surface area contributed by atoms with Crippen molar-refractivity contribution in [3.05, 3.63) is 59.9 Å². The fourth-order valence-electron chi connectivity index (χ4n) is 2.05. The molecular formula is C15H17FN2. The molecule has 0 fully saturated rings. The van der Waals surface area contributed by atoms with Gasteiger partial charge in [0.15, 0.2) is 0 Å². The summed E-state index contributed by atoms with van der Waals surface area (Å²) in [5, 5.41) is 3.06. The topological polar surface area (TPSA) is 15.3 Å². The average molecular weight is 244 g/mol. The highest BCUT2D eigenvalue weighted by Gasteiger charge is 2.13. The zero-order valence-electron chi connectivity index (χ0n) is 10.7. The van der Waals surface area contributed by atoms with Gasteiger partial charge in [-0.05, 0) is 30.8 Å². The molecule has 2 aromatic rings. The van der Waals surface area contributed by atoms with Crippen molar-refractivity contribution in [2.45, 2.75) is 6.54 Å². The third kappa shape index (κ3) is 2.51. The summed E-state index contributed by atoms with van der Waals surface area (Å²) in [4.78, 5) is 1.88. The molecule has 2 aromatic carbocycles. The lowest BCUT2D eigenvalue weighted by atomic mass is 10.1. The molecule has 1 N–H and O–H groups in total. The molecule has 0 bridgehead atoms. The Morgan fingerprint density at radius 1 is 1.06 bits per heavy atom. The summed E-state index contributed by atoms with van der Waals surface area (Å²) in [6, 6.07) is 15.0. The van der Waals surface area contributed by atoms with E-state index in [1.165, 1.54) is 6.07 Å². The van der Waals surface area contributed by atoms with E-state index in [0.717, 1.165) is 11.3 Å². The lowest BCUT2D eigenvalue weighted by Crippen LogP contribution is -2.16. The minimum Gasteiger partial charge on any atom is -0.342 e. The molecule has 0 heterocycles. The van der Waals surface area contributed by atoms with E-state index < -0.39 is 0 Å². The number of rotatable bonds is 4. The van der Waals surface area contributed by atoms with Gasteiger partial charge in [-0.3, -0.25) is 0 Å². The molecule has 0 saturated heterocycles. The lowest BCUT2D eigenvalue weighted by molar-refractivity contribution is 0.623. The molecule has 0 atom stereocenters. The van der Waals surface area contributed by atoms with Gasteiger partial charge in [0.25, 0.3) is 0 Å². The Morgan fingerprint density at radius 2 is 1.78 bits per heavy atom. The second kappa shape index (κ2) is 5.65. The first-order valence-electron chi connectivity index (χ1n) is 5.95. The van der Waals surface area contributed by atoms with Crippen molar-refractivity contribution in [3.63, 3.8) is 0 Å². The quantitative estimate of drug-likeness (QED) is 0.887. The first kappa shape index (κ1) is 12.6. The zero-order chi connectivity index (χ0) is 13.0. The van der Waals surface area contributed by atoms with Crippen LogP contribution in [0.15, 0.2) is 48.5 Å². The first-order chi connectivity index (χ1) is 8.74. The fourth-order valence-corrected chi connectivity index (χ4v) is 2.05. The Labute approximate surface area is 107 Å². The van der Waals surface area contributed by atoms with Crippen LogP contribution in [0.25, 0.3) is 0 Å². The molecule has 3 heteroatoms. The van der Waals surface area contributed by atoms with E-state index in [9.17, 15) is 4.39 Å². The molecule has 0 spiro atoms. The van der Waals surface area contributed by atoms with E-state index >= 15 is 0 Å². The van der Waals surface area contributed by atoms with Gasteiger partial charge < -0.3 is 10.2 Å². The van der Waals surface area contributed by atoms with Crippen LogP contribution < -0.4 is 10.2 Å². The molecule has 0 aliphatic carbocycles. The highest BCUT2D eigenvalue weighted by molar-refractivity contribution is 5.66. The molecule has 2 nitrogen and oxygen atoms in total. The Hall–Kier alpha value is -1.87. The number of hydrogen-bond acceptors (Lipinski definition) is 2. The van der Waals surface area contributed by atoms with Crippen LogP contribution in [0.4, 0.5) is 15.8 Å². The van der Waals surface area contributed by atoms with Gasteiger partial charge in [0.2, 0.25) is 0 Å². The molecule has 94 valence electrons. The van der Waals surface area contributed by atoms with Gasteiger partial charge in [-0.1, -0.05) is 30.3 Å². The molecule has 0 aliphatic heterocycles. The van der Waals surface area contributed by atoms with Crippen molar-refractivity contribution in [1.29, 1.82) is 0 Å².